The molecular formula is C43H55N. The summed E-state index contributed by atoms with van der Waals surface area (Å²) in [5, 5.41) is 3.80. The zero-order chi connectivity index (χ0) is 31.7. The Bertz CT molecular complexity index is 1510. The number of benzene rings is 3. The molecule has 3 aromatic carbocycles. The van der Waals surface area contributed by atoms with Gasteiger partial charge in [-0.05, 0) is 122 Å². The van der Waals surface area contributed by atoms with Crippen molar-refractivity contribution >= 4 is 17.8 Å². The van der Waals surface area contributed by atoms with Gasteiger partial charge in [-0.3, -0.25) is 0 Å². The van der Waals surface area contributed by atoms with Crippen LogP contribution in [0.4, 0.5) is 5.69 Å². The van der Waals surface area contributed by atoms with E-state index in [1.54, 1.807) is 0 Å². The van der Waals surface area contributed by atoms with Crippen molar-refractivity contribution in [1.82, 2.24) is 0 Å². The summed E-state index contributed by atoms with van der Waals surface area (Å²) in [5.41, 5.74) is 13.8. The van der Waals surface area contributed by atoms with E-state index in [1.807, 2.05) is 0 Å². The molecule has 0 aromatic heterocycles. The van der Waals surface area contributed by atoms with E-state index in [1.165, 1.54) is 62.2 Å². The van der Waals surface area contributed by atoms with Gasteiger partial charge in [0.05, 0.1) is 0 Å². The Morgan fingerprint density at radius 3 is 2.45 bits per heavy atom. The SMILES string of the molecule is C/C=C\c1c(C)ccc(C)c1C(C)(Cc1ccccc1)/C(C)=C\C=C\CC(C)c1c(NCCC(C)C)ccc2c1C=CCC2. The minimum Gasteiger partial charge on any atom is -0.385 e. The van der Waals surface area contributed by atoms with Crippen LogP contribution in [0.1, 0.15) is 111 Å². The van der Waals surface area contributed by atoms with Crippen molar-refractivity contribution in [2.75, 3.05) is 11.9 Å². The van der Waals surface area contributed by atoms with Gasteiger partial charge in [-0.15, -0.1) is 0 Å². The predicted octanol–water partition coefficient (Wildman–Crippen LogP) is 12.0. The Balaban J connectivity index is 1.65. The summed E-state index contributed by atoms with van der Waals surface area (Å²) in [6, 6.07) is 20.2. The highest BCUT2D eigenvalue weighted by molar-refractivity contribution is 5.70. The predicted molar refractivity (Wildman–Crippen MR) is 196 cm³/mol. The summed E-state index contributed by atoms with van der Waals surface area (Å²) in [6.45, 7) is 19.4. The highest BCUT2D eigenvalue weighted by Gasteiger charge is 2.32. The van der Waals surface area contributed by atoms with E-state index in [0.717, 1.165) is 32.2 Å². The molecule has 1 heteroatoms. The van der Waals surface area contributed by atoms with E-state index >= 15 is 0 Å². The number of nitrogens with one attached hydrogen (secondary N) is 1. The molecule has 0 amide bonds. The van der Waals surface area contributed by atoms with Crippen LogP contribution < -0.4 is 5.32 Å². The number of aryl methyl sites for hydroxylation is 3. The van der Waals surface area contributed by atoms with Gasteiger partial charge in [0.15, 0.2) is 0 Å². The van der Waals surface area contributed by atoms with Crippen molar-refractivity contribution < 1.29 is 0 Å². The second kappa shape index (κ2) is 15.4. The van der Waals surface area contributed by atoms with Crippen LogP contribution in [0, 0.1) is 19.8 Å². The lowest BCUT2D eigenvalue weighted by molar-refractivity contribution is 0.548. The smallest absolute Gasteiger partial charge is 0.0381 e. The Morgan fingerprint density at radius 1 is 0.977 bits per heavy atom. The molecular weight excluding hydrogens is 530 g/mol. The van der Waals surface area contributed by atoms with Gasteiger partial charge in [0.1, 0.15) is 0 Å². The van der Waals surface area contributed by atoms with Crippen molar-refractivity contribution in [2.45, 2.75) is 98.8 Å². The largest absolute Gasteiger partial charge is 0.385 e. The fourth-order valence-corrected chi connectivity index (χ4v) is 6.89. The molecule has 44 heavy (non-hydrogen) atoms. The first-order valence-electron chi connectivity index (χ1n) is 16.8. The van der Waals surface area contributed by atoms with Crippen LogP contribution in [-0.4, -0.2) is 6.54 Å². The molecule has 0 bridgehead atoms. The Labute approximate surface area is 268 Å². The molecule has 0 aliphatic heterocycles. The van der Waals surface area contributed by atoms with E-state index in [-0.39, 0.29) is 5.41 Å². The van der Waals surface area contributed by atoms with E-state index in [4.69, 9.17) is 0 Å². The van der Waals surface area contributed by atoms with Crippen LogP contribution in [0.25, 0.3) is 12.2 Å². The van der Waals surface area contributed by atoms with Crippen LogP contribution in [-0.2, 0) is 18.3 Å². The van der Waals surface area contributed by atoms with Crippen molar-refractivity contribution in [3.05, 3.63) is 135 Å². The molecule has 4 rings (SSSR count). The van der Waals surface area contributed by atoms with Gasteiger partial charge in [0.25, 0.3) is 0 Å². The molecule has 0 saturated heterocycles. The van der Waals surface area contributed by atoms with Gasteiger partial charge in [-0.2, -0.15) is 0 Å². The second-order valence-corrected chi connectivity index (χ2v) is 13.5. The van der Waals surface area contributed by atoms with Crippen molar-refractivity contribution in [3.8, 4) is 0 Å². The maximum absolute atomic E-state index is 3.80. The summed E-state index contributed by atoms with van der Waals surface area (Å²) >= 11 is 0. The fourth-order valence-electron chi connectivity index (χ4n) is 6.89. The lowest BCUT2D eigenvalue weighted by Gasteiger charge is -2.35. The average molecular weight is 586 g/mol. The molecule has 0 saturated carbocycles. The van der Waals surface area contributed by atoms with Crippen LogP contribution in [0.2, 0.25) is 0 Å². The molecule has 2 atom stereocenters. The lowest BCUT2D eigenvalue weighted by atomic mass is 9.68. The maximum Gasteiger partial charge on any atom is 0.0381 e. The quantitative estimate of drug-likeness (QED) is 0.197. The Hall–Kier alpha value is -3.58. The molecule has 232 valence electrons. The number of allylic oxidation sites excluding steroid dienone is 6. The third-order valence-corrected chi connectivity index (χ3v) is 9.57. The van der Waals surface area contributed by atoms with Crippen LogP contribution >= 0.6 is 0 Å². The molecule has 1 nitrogen and oxygen atoms in total. The Morgan fingerprint density at radius 2 is 1.73 bits per heavy atom. The van der Waals surface area contributed by atoms with E-state index in [9.17, 15) is 0 Å². The van der Waals surface area contributed by atoms with Crippen LogP contribution in [0.15, 0.2) is 90.6 Å². The monoisotopic (exact) mass is 585 g/mol. The first-order chi connectivity index (χ1) is 21.2. The number of rotatable bonds is 13. The summed E-state index contributed by atoms with van der Waals surface area (Å²) in [6.07, 6.45) is 21.7. The van der Waals surface area contributed by atoms with Gasteiger partial charge in [0.2, 0.25) is 0 Å². The van der Waals surface area contributed by atoms with Crippen molar-refractivity contribution in [2.24, 2.45) is 5.92 Å². The molecule has 0 radical (unpaired) electrons. The molecule has 1 N–H and O–H groups in total. The van der Waals surface area contributed by atoms with Gasteiger partial charge in [-0.25, -0.2) is 0 Å². The van der Waals surface area contributed by atoms with Gasteiger partial charge >= 0.3 is 0 Å². The topological polar surface area (TPSA) is 12.0 Å². The summed E-state index contributed by atoms with van der Waals surface area (Å²) in [7, 11) is 0. The number of fused-ring (bicyclic) bond motifs is 1. The van der Waals surface area contributed by atoms with E-state index in [2.05, 4.69) is 158 Å². The highest BCUT2D eigenvalue weighted by Crippen LogP contribution is 2.41. The first-order valence-corrected chi connectivity index (χ1v) is 16.8. The Kier molecular flexibility index (Phi) is 11.7. The zero-order valence-electron chi connectivity index (χ0n) is 28.6. The average Bonchev–Trinajstić information content (AvgIpc) is 3.01. The molecule has 1 aliphatic rings. The standard InChI is InChI=1S/C43H55N/c1-9-17-38-32(4)24-25-34(6)42(38)43(8,30-36-20-11-10-12-21-36)35(7)19-14-13-18-33(5)41-39-23-16-15-22-37(39)26-27-40(41)44-29-28-31(2)3/h9-14,16-17,19-21,23-27,31,33,44H,15,18,22,28-30H2,1-8H3/b14-13+,17-9-,35-19-. The normalized spacial score (nSPS) is 15.6. The maximum atomic E-state index is 3.80. The number of anilines is 1. The molecule has 1 aliphatic carbocycles. The minimum absolute atomic E-state index is 0.140. The number of hydrogen-bond donors (Lipinski definition) is 1. The summed E-state index contributed by atoms with van der Waals surface area (Å²) in [4.78, 5) is 0. The van der Waals surface area contributed by atoms with Crippen molar-refractivity contribution in [3.63, 3.8) is 0 Å². The molecule has 3 aromatic rings. The zero-order valence-corrected chi connectivity index (χ0v) is 28.6. The molecule has 0 fully saturated rings. The third kappa shape index (κ3) is 7.92. The van der Waals surface area contributed by atoms with Gasteiger partial charge < -0.3 is 5.32 Å². The summed E-state index contributed by atoms with van der Waals surface area (Å²) < 4.78 is 0. The van der Waals surface area contributed by atoms with Crippen molar-refractivity contribution in [1.29, 1.82) is 0 Å². The van der Waals surface area contributed by atoms with E-state index in [0.29, 0.717) is 11.8 Å². The summed E-state index contributed by atoms with van der Waals surface area (Å²) in [5.74, 6) is 1.12. The van der Waals surface area contributed by atoms with Crippen LogP contribution in [0.3, 0.4) is 0 Å². The molecule has 0 spiro atoms. The second-order valence-electron chi connectivity index (χ2n) is 13.5. The third-order valence-electron chi connectivity index (χ3n) is 9.57. The minimum atomic E-state index is -0.140. The molecule has 0 heterocycles. The van der Waals surface area contributed by atoms with E-state index < -0.39 is 0 Å². The fraction of sp³-hybridized carbons (Fsp3) is 0.395. The van der Waals surface area contributed by atoms with Gasteiger partial charge in [-0.1, -0.05) is 124 Å². The van der Waals surface area contributed by atoms with Crippen LogP contribution in [0.5, 0.6) is 0 Å². The van der Waals surface area contributed by atoms with Gasteiger partial charge in [0, 0.05) is 17.6 Å². The highest BCUT2D eigenvalue weighted by atomic mass is 14.9. The first kappa shape index (κ1) is 33.3. The number of hydrogen-bond acceptors (Lipinski definition) is 1. The lowest BCUT2D eigenvalue weighted by Crippen LogP contribution is -2.29. The molecule has 2 unspecified atom stereocenters.